The molecular formula is C19H28N6O2. The first-order chi connectivity index (χ1) is 13.0. The van der Waals surface area contributed by atoms with Gasteiger partial charge in [0, 0.05) is 65.7 Å². The molecule has 0 aliphatic carbocycles. The molecule has 1 N–H and O–H groups in total. The van der Waals surface area contributed by atoms with Crippen molar-refractivity contribution >= 4 is 11.8 Å². The van der Waals surface area contributed by atoms with Gasteiger partial charge in [0.15, 0.2) is 5.89 Å². The zero-order valence-corrected chi connectivity index (χ0v) is 16.4. The van der Waals surface area contributed by atoms with Crippen LogP contribution >= 0.6 is 0 Å². The number of rotatable bonds is 4. The Hall–Kier alpha value is -2.19. The number of aliphatic hydroxyl groups is 1. The molecule has 2 aromatic rings. The third kappa shape index (κ3) is 3.91. The van der Waals surface area contributed by atoms with Crippen LogP contribution in [0.4, 0.5) is 11.8 Å². The van der Waals surface area contributed by atoms with Crippen LogP contribution in [0, 0.1) is 6.92 Å². The number of nitrogens with zero attached hydrogens (tertiary/aromatic N) is 6. The first-order valence-electron chi connectivity index (χ1n) is 9.63. The first kappa shape index (κ1) is 18.2. The predicted molar refractivity (Wildman–Crippen MR) is 103 cm³/mol. The molecule has 0 spiro atoms. The third-order valence-electron chi connectivity index (χ3n) is 5.32. The van der Waals surface area contributed by atoms with Gasteiger partial charge in [0.25, 0.3) is 0 Å². The van der Waals surface area contributed by atoms with Crippen molar-refractivity contribution in [1.82, 2.24) is 19.9 Å². The van der Waals surface area contributed by atoms with E-state index >= 15 is 0 Å². The summed E-state index contributed by atoms with van der Waals surface area (Å²) in [5.74, 6) is 2.49. The number of anilines is 2. The molecule has 4 rings (SSSR count). The normalized spacial score (nSPS) is 18.6. The lowest BCUT2D eigenvalue weighted by molar-refractivity contribution is 0.145. The summed E-state index contributed by atoms with van der Waals surface area (Å²) in [4.78, 5) is 20.8. The van der Waals surface area contributed by atoms with Gasteiger partial charge >= 0.3 is 0 Å². The molecule has 2 aliphatic heterocycles. The molecule has 0 amide bonds. The van der Waals surface area contributed by atoms with E-state index < -0.39 is 0 Å². The van der Waals surface area contributed by atoms with Gasteiger partial charge in [-0.25, -0.2) is 9.97 Å². The molecule has 2 aliphatic rings. The summed E-state index contributed by atoms with van der Waals surface area (Å²) in [5, 5.41) is 9.87. The van der Waals surface area contributed by atoms with Gasteiger partial charge in [-0.05, 0) is 12.8 Å². The molecule has 4 heterocycles. The molecule has 8 nitrogen and oxygen atoms in total. The highest BCUT2D eigenvalue weighted by Crippen LogP contribution is 2.31. The van der Waals surface area contributed by atoms with Crippen molar-refractivity contribution in [3.63, 3.8) is 0 Å². The molecule has 0 radical (unpaired) electrons. The standard InChI is InChI=1S/C19H28N6O2/c1-13-20-14(12-27-13)10-24-7-6-17-16(11-24)18(22-19(21-17)23(2)3)25-8-4-15(26)5-9-25/h12,15,26H,4-11H2,1-3H3. The van der Waals surface area contributed by atoms with E-state index in [9.17, 15) is 5.11 Å². The molecular weight excluding hydrogens is 344 g/mol. The summed E-state index contributed by atoms with van der Waals surface area (Å²) in [6, 6.07) is 0. The van der Waals surface area contributed by atoms with E-state index in [1.807, 2.05) is 25.9 Å². The lowest BCUT2D eigenvalue weighted by atomic mass is 10.0. The van der Waals surface area contributed by atoms with E-state index in [4.69, 9.17) is 14.4 Å². The number of hydrogen-bond acceptors (Lipinski definition) is 8. The minimum absolute atomic E-state index is 0.195. The molecule has 0 atom stereocenters. The Morgan fingerprint density at radius 1 is 1.19 bits per heavy atom. The molecule has 1 fully saturated rings. The van der Waals surface area contributed by atoms with Gasteiger partial charge in [0.05, 0.1) is 17.5 Å². The van der Waals surface area contributed by atoms with Crippen LogP contribution in [0.5, 0.6) is 0 Å². The van der Waals surface area contributed by atoms with E-state index in [2.05, 4.69) is 14.8 Å². The van der Waals surface area contributed by atoms with Crippen LogP contribution in [0.25, 0.3) is 0 Å². The van der Waals surface area contributed by atoms with E-state index in [-0.39, 0.29) is 6.10 Å². The predicted octanol–water partition coefficient (Wildman–Crippen LogP) is 1.36. The Morgan fingerprint density at radius 3 is 2.63 bits per heavy atom. The van der Waals surface area contributed by atoms with Crippen LogP contribution in [0.2, 0.25) is 0 Å². The molecule has 27 heavy (non-hydrogen) atoms. The molecule has 8 heteroatoms. The summed E-state index contributed by atoms with van der Waals surface area (Å²) in [5.41, 5.74) is 3.32. The number of aliphatic hydroxyl groups excluding tert-OH is 1. The van der Waals surface area contributed by atoms with Crippen molar-refractivity contribution in [3.8, 4) is 0 Å². The fourth-order valence-corrected chi connectivity index (χ4v) is 3.82. The topological polar surface area (TPSA) is 81.8 Å². The van der Waals surface area contributed by atoms with Gasteiger partial charge < -0.3 is 19.3 Å². The molecule has 0 unspecified atom stereocenters. The quantitative estimate of drug-likeness (QED) is 0.862. The molecule has 0 bridgehead atoms. The van der Waals surface area contributed by atoms with Crippen molar-refractivity contribution < 1.29 is 9.52 Å². The van der Waals surface area contributed by atoms with Crippen molar-refractivity contribution in [2.24, 2.45) is 0 Å². The second-order valence-corrected chi connectivity index (χ2v) is 7.70. The Morgan fingerprint density at radius 2 is 1.96 bits per heavy atom. The second kappa shape index (κ2) is 7.44. The number of hydrogen-bond donors (Lipinski definition) is 1. The van der Waals surface area contributed by atoms with E-state index in [0.29, 0.717) is 5.89 Å². The lowest BCUT2D eigenvalue weighted by Crippen LogP contribution is -2.39. The molecule has 0 aromatic carbocycles. The van der Waals surface area contributed by atoms with Gasteiger partial charge in [0.1, 0.15) is 12.1 Å². The number of fused-ring (bicyclic) bond motifs is 1. The van der Waals surface area contributed by atoms with Crippen LogP contribution in [-0.4, -0.2) is 64.8 Å². The van der Waals surface area contributed by atoms with Crippen LogP contribution in [0.15, 0.2) is 10.7 Å². The van der Waals surface area contributed by atoms with Crippen molar-refractivity contribution in [3.05, 3.63) is 29.1 Å². The van der Waals surface area contributed by atoms with Gasteiger partial charge in [-0.2, -0.15) is 4.98 Å². The summed E-state index contributed by atoms with van der Waals surface area (Å²) in [6.45, 7) is 6.06. The number of oxazole rings is 1. The van der Waals surface area contributed by atoms with Crippen LogP contribution in [0.1, 0.15) is 35.7 Å². The molecule has 0 saturated carbocycles. The maximum atomic E-state index is 9.87. The zero-order valence-electron chi connectivity index (χ0n) is 16.4. The van der Waals surface area contributed by atoms with Gasteiger partial charge in [0.2, 0.25) is 5.95 Å². The maximum absolute atomic E-state index is 9.87. The highest BCUT2D eigenvalue weighted by Gasteiger charge is 2.28. The number of piperidine rings is 1. The summed E-state index contributed by atoms with van der Waals surface area (Å²) >= 11 is 0. The van der Waals surface area contributed by atoms with Crippen molar-refractivity contribution in [2.45, 2.75) is 45.4 Å². The van der Waals surface area contributed by atoms with Gasteiger partial charge in [-0.3, -0.25) is 4.90 Å². The molecule has 1 saturated heterocycles. The van der Waals surface area contributed by atoms with Crippen molar-refractivity contribution in [2.75, 3.05) is 43.5 Å². The Bertz CT molecular complexity index is 797. The summed E-state index contributed by atoms with van der Waals surface area (Å²) in [6.07, 6.45) is 4.03. The lowest BCUT2D eigenvalue weighted by Gasteiger charge is -2.35. The average Bonchev–Trinajstić information content (AvgIpc) is 3.06. The zero-order chi connectivity index (χ0) is 19.0. The average molecular weight is 372 g/mol. The second-order valence-electron chi connectivity index (χ2n) is 7.70. The fraction of sp³-hybridized carbons (Fsp3) is 0.632. The van der Waals surface area contributed by atoms with Crippen LogP contribution in [-0.2, 0) is 19.5 Å². The van der Waals surface area contributed by atoms with Crippen molar-refractivity contribution in [1.29, 1.82) is 0 Å². The summed E-state index contributed by atoms with van der Waals surface area (Å²) in [7, 11) is 3.96. The Balaban J connectivity index is 1.61. The first-order valence-corrected chi connectivity index (χ1v) is 9.63. The maximum Gasteiger partial charge on any atom is 0.227 e. The number of aromatic nitrogens is 3. The highest BCUT2D eigenvalue weighted by molar-refractivity contribution is 5.54. The van der Waals surface area contributed by atoms with Crippen LogP contribution < -0.4 is 9.80 Å². The smallest absolute Gasteiger partial charge is 0.227 e. The van der Waals surface area contributed by atoms with E-state index in [0.717, 1.165) is 75.1 Å². The Labute approximate surface area is 159 Å². The van der Waals surface area contributed by atoms with Gasteiger partial charge in [-0.15, -0.1) is 0 Å². The SMILES string of the molecule is Cc1nc(CN2CCc3nc(N(C)C)nc(N4CCC(O)CC4)c3C2)co1. The van der Waals surface area contributed by atoms with Crippen LogP contribution in [0.3, 0.4) is 0 Å². The van der Waals surface area contributed by atoms with Gasteiger partial charge in [-0.1, -0.05) is 0 Å². The highest BCUT2D eigenvalue weighted by atomic mass is 16.3. The molecule has 146 valence electrons. The fourth-order valence-electron chi connectivity index (χ4n) is 3.82. The third-order valence-corrected chi connectivity index (χ3v) is 5.32. The van der Waals surface area contributed by atoms with E-state index in [1.165, 1.54) is 5.56 Å². The summed E-state index contributed by atoms with van der Waals surface area (Å²) < 4.78 is 5.35. The Kier molecular flexibility index (Phi) is 5.01. The largest absolute Gasteiger partial charge is 0.449 e. The minimum atomic E-state index is -0.195. The molecule has 2 aromatic heterocycles. The number of aryl methyl sites for hydroxylation is 1. The minimum Gasteiger partial charge on any atom is -0.449 e. The van der Waals surface area contributed by atoms with E-state index in [1.54, 1.807) is 6.26 Å². The monoisotopic (exact) mass is 372 g/mol.